The van der Waals surface area contributed by atoms with Gasteiger partial charge in [-0.25, -0.2) is 0 Å². The van der Waals surface area contributed by atoms with Gasteiger partial charge in [-0.15, -0.1) is 0 Å². The molecular formula is C16H27NO2. The highest BCUT2D eigenvalue weighted by Gasteiger charge is 1.97. The van der Waals surface area contributed by atoms with Gasteiger partial charge in [0.2, 0.25) is 0 Å². The predicted octanol–water partition coefficient (Wildman–Crippen LogP) is 2.64. The van der Waals surface area contributed by atoms with Crippen molar-refractivity contribution in [2.24, 2.45) is 5.92 Å². The zero-order chi connectivity index (χ0) is 13.9. The van der Waals surface area contributed by atoms with Crippen LogP contribution in [-0.2, 0) is 22.5 Å². The van der Waals surface area contributed by atoms with Gasteiger partial charge in [0.25, 0.3) is 0 Å². The van der Waals surface area contributed by atoms with Gasteiger partial charge in [0.15, 0.2) is 0 Å². The van der Waals surface area contributed by atoms with Crippen LogP contribution in [0.15, 0.2) is 24.3 Å². The van der Waals surface area contributed by atoms with Crippen LogP contribution in [0, 0.1) is 5.92 Å². The number of hydrogen-bond acceptors (Lipinski definition) is 3. The second-order valence-corrected chi connectivity index (χ2v) is 5.21. The molecule has 0 spiro atoms. The van der Waals surface area contributed by atoms with Crippen molar-refractivity contribution in [1.29, 1.82) is 0 Å². The summed E-state index contributed by atoms with van der Waals surface area (Å²) in [7, 11) is 1.69. The summed E-state index contributed by atoms with van der Waals surface area (Å²) in [5.41, 5.74) is 2.59. The number of hydrogen-bond donors (Lipinski definition) is 1. The van der Waals surface area contributed by atoms with Crippen molar-refractivity contribution in [2.45, 2.75) is 26.9 Å². The van der Waals surface area contributed by atoms with Crippen molar-refractivity contribution >= 4 is 0 Å². The Hall–Kier alpha value is -0.900. The molecule has 1 aromatic rings. The van der Waals surface area contributed by atoms with Crippen LogP contribution in [0.4, 0.5) is 0 Å². The van der Waals surface area contributed by atoms with Gasteiger partial charge in [-0.05, 0) is 36.6 Å². The van der Waals surface area contributed by atoms with E-state index >= 15 is 0 Å². The van der Waals surface area contributed by atoms with E-state index in [0.717, 1.165) is 19.5 Å². The van der Waals surface area contributed by atoms with E-state index in [4.69, 9.17) is 9.47 Å². The second kappa shape index (κ2) is 9.96. The van der Waals surface area contributed by atoms with Crippen molar-refractivity contribution in [1.82, 2.24) is 5.32 Å². The predicted molar refractivity (Wildman–Crippen MR) is 79.4 cm³/mol. The fraction of sp³-hybridized carbons (Fsp3) is 0.625. The topological polar surface area (TPSA) is 30.5 Å². The number of benzene rings is 1. The Balaban J connectivity index is 2.19. The monoisotopic (exact) mass is 265 g/mol. The Bertz CT molecular complexity index is 322. The lowest BCUT2D eigenvalue weighted by Crippen LogP contribution is -2.22. The van der Waals surface area contributed by atoms with Gasteiger partial charge >= 0.3 is 0 Å². The minimum atomic E-state index is 0.650. The summed E-state index contributed by atoms with van der Waals surface area (Å²) in [5.74, 6) is 0.714. The molecule has 0 aliphatic carbocycles. The Morgan fingerprint density at radius 1 is 1.05 bits per heavy atom. The van der Waals surface area contributed by atoms with Gasteiger partial charge in [0.1, 0.15) is 0 Å². The lowest BCUT2D eigenvalue weighted by molar-refractivity contribution is 0.0616. The third-order valence-electron chi connectivity index (χ3n) is 2.87. The number of rotatable bonds is 10. The average Bonchev–Trinajstić information content (AvgIpc) is 2.41. The molecule has 1 aromatic carbocycles. The fourth-order valence-electron chi connectivity index (χ4n) is 1.76. The first kappa shape index (κ1) is 16.2. The highest BCUT2D eigenvalue weighted by atomic mass is 16.5. The number of methoxy groups -OCH3 is 1. The Morgan fingerprint density at radius 3 is 2.37 bits per heavy atom. The third kappa shape index (κ3) is 7.98. The summed E-state index contributed by atoms with van der Waals surface area (Å²) in [6.45, 7) is 8.55. The summed E-state index contributed by atoms with van der Waals surface area (Å²) in [4.78, 5) is 0. The number of ether oxygens (including phenoxy) is 2. The molecule has 0 bridgehead atoms. The molecule has 1 rings (SSSR count). The summed E-state index contributed by atoms with van der Waals surface area (Å²) in [6.07, 6.45) is 1.08. The fourth-order valence-corrected chi connectivity index (χ4v) is 1.76. The molecule has 0 radical (unpaired) electrons. The third-order valence-corrected chi connectivity index (χ3v) is 2.87. The Labute approximate surface area is 117 Å². The van der Waals surface area contributed by atoms with Crippen molar-refractivity contribution in [3.63, 3.8) is 0 Å². The van der Waals surface area contributed by atoms with E-state index in [1.54, 1.807) is 7.11 Å². The second-order valence-electron chi connectivity index (χ2n) is 5.21. The van der Waals surface area contributed by atoms with Crippen molar-refractivity contribution in [3.05, 3.63) is 35.4 Å². The normalized spacial score (nSPS) is 11.2. The van der Waals surface area contributed by atoms with Crippen molar-refractivity contribution < 1.29 is 9.47 Å². The van der Waals surface area contributed by atoms with E-state index in [0.29, 0.717) is 25.7 Å². The highest BCUT2D eigenvalue weighted by molar-refractivity contribution is 5.22. The van der Waals surface area contributed by atoms with Gasteiger partial charge in [-0.3, -0.25) is 0 Å². The molecule has 0 aliphatic heterocycles. The first-order chi connectivity index (χ1) is 9.22. The highest BCUT2D eigenvalue weighted by Crippen LogP contribution is 2.06. The van der Waals surface area contributed by atoms with Crippen LogP contribution in [0.2, 0.25) is 0 Å². The van der Waals surface area contributed by atoms with Crippen LogP contribution < -0.4 is 5.32 Å². The molecule has 0 fully saturated rings. The molecule has 1 N–H and O–H groups in total. The van der Waals surface area contributed by atoms with Gasteiger partial charge in [0.05, 0.1) is 19.8 Å². The molecule has 3 heteroatoms. The lowest BCUT2D eigenvalue weighted by atomic mass is 10.1. The van der Waals surface area contributed by atoms with E-state index < -0.39 is 0 Å². The SMILES string of the molecule is COCCOCc1ccc(CCNCC(C)C)cc1. The maximum atomic E-state index is 5.49. The van der Waals surface area contributed by atoms with Crippen LogP contribution in [0.1, 0.15) is 25.0 Å². The van der Waals surface area contributed by atoms with E-state index in [2.05, 4.69) is 43.4 Å². The molecule has 19 heavy (non-hydrogen) atoms. The first-order valence-electron chi connectivity index (χ1n) is 7.07. The molecular weight excluding hydrogens is 238 g/mol. The molecule has 0 heterocycles. The van der Waals surface area contributed by atoms with Gasteiger partial charge in [0, 0.05) is 7.11 Å². The zero-order valence-corrected chi connectivity index (χ0v) is 12.4. The number of nitrogens with one attached hydrogen (secondary N) is 1. The molecule has 0 saturated carbocycles. The van der Waals surface area contributed by atoms with Gasteiger partial charge in [-0.2, -0.15) is 0 Å². The standard InChI is InChI=1S/C16H27NO2/c1-14(2)12-17-9-8-15-4-6-16(7-5-15)13-19-11-10-18-3/h4-7,14,17H,8-13H2,1-3H3. The molecule has 108 valence electrons. The maximum absolute atomic E-state index is 5.49. The van der Waals surface area contributed by atoms with Gasteiger partial charge < -0.3 is 14.8 Å². The molecule has 0 aliphatic rings. The molecule has 0 atom stereocenters. The minimum absolute atomic E-state index is 0.650. The maximum Gasteiger partial charge on any atom is 0.0718 e. The van der Waals surface area contributed by atoms with E-state index in [1.165, 1.54) is 11.1 Å². The molecule has 0 saturated heterocycles. The molecule has 0 unspecified atom stereocenters. The largest absolute Gasteiger partial charge is 0.382 e. The summed E-state index contributed by atoms with van der Waals surface area (Å²) in [6, 6.07) is 8.66. The molecule has 0 amide bonds. The van der Waals surface area contributed by atoms with Crippen LogP contribution in [0.5, 0.6) is 0 Å². The van der Waals surface area contributed by atoms with E-state index in [9.17, 15) is 0 Å². The average molecular weight is 265 g/mol. The van der Waals surface area contributed by atoms with Crippen LogP contribution in [-0.4, -0.2) is 33.4 Å². The minimum Gasteiger partial charge on any atom is -0.382 e. The summed E-state index contributed by atoms with van der Waals surface area (Å²) >= 11 is 0. The van der Waals surface area contributed by atoms with E-state index in [1.807, 2.05) is 0 Å². The quantitative estimate of drug-likeness (QED) is 0.660. The van der Waals surface area contributed by atoms with Gasteiger partial charge in [-0.1, -0.05) is 38.1 Å². The zero-order valence-electron chi connectivity index (χ0n) is 12.4. The van der Waals surface area contributed by atoms with Crippen LogP contribution in [0.3, 0.4) is 0 Å². The Morgan fingerprint density at radius 2 is 1.74 bits per heavy atom. The van der Waals surface area contributed by atoms with Crippen molar-refractivity contribution in [3.8, 4) is 0 Å². The van der Waals surface area contributed by atoms with Crippen LogP contribution in [0.25, 0.3) is 0 Å². The van der Waals surface area contributed by atoms with Crippen LogP contribution >= 0.6 is 0 Å². The summed E-state index contributed by atoms with van der Waals surface area (Å²) in [5, 5.41) is 3.46. The Kier molecular flexibility index (Phi) is 8.47. The van der Waals surface area contributed by atoms with Crippen molar-refractivity contribution in [2.75, 3.05) is 33.4 Å². The molecule has 3 nitrogen and oxygen atoms in total. The lowest BCUT2D eigenvalue weighted by Gasteiger charge is -2.08. The molecule has 0 aromatic heterocycles. The van der Waals surface area contributed by atoms with E-state index in [-0.39, 0.29) is 0 Å². The smallest absolute Gasteiger partial charge is 0.0718 e. The first-order valence-corrected chi connectivity index (χ1v) is 7.07. The summed E-state index contributed by atoms with van der Waals surface area (Å²) < 4.78 is 10.4.